The van der Waals surface area contributed by atoms with Gasteiger partial charge in [-0.3, -0.25) is 9.59 Å². The van der Waals surface area contributed by atoms with Crippen LogP contribution in [0, 0.1) is 5.92 Å². The Labute approximate surface area is 153 Å². The summed E-state index contributed by atoms with van der Waals surface area (Å²) in [6, 6.07) is 10.1. The molecule has 1 heterocycles. The lowest BCUT2D eigenvalue weighted by molar-refractivity contribution is -0.117. The van der Waals surface area contributed by atoms with Gasteiger partial charge in [-0.15, -0.1) is 0 Å². The van der Waals surface area contributed by atoms with Gasteiger partial charge < -0.3 is 19.8 Å². The maximum absolute atomic E-state index is 12.5. The van der Waals surface area contributed by atoms with E-state index in [0.717, 1.165) is 6.42 Å². The molecule has 0 aliphatic carbocycles. The van der Waals surface area contributed by atoms with Crippen LogP contribution in [0.2, 0.25) is 0 Å². The molecule has 0 radical (unpaired) electrons. The number of amides is 2. The number of carbonyl (C=O) groups is 2. The van der Waals surface area contributed by atoms with Gasteiger partial charge in [0, 0.05) is 18.2 Å². The van der Waals surface area contributed by atoms with E-state index in [-0.39, 0.29) is 17.5 Å². The van der Waals surface area contributed by atoms with Gasteiger partial charge in [0.2, 0.25) is 0 Å². The Morgan fingerprint density at radius 2 is 1.92 bits per heavy atom. The average Bonchev–Trinajstić information content (AvgIpc) is 3.14. The number of benzene rings is 1. The Morgan fingerprint density at radius 3 is 2.50 bits per heavy atom. The van der Waals surface area contributed by atoms with E-state index in [0.29, 0.717) is 29.5 Å². The molecule has 0 bridgehead atoms. The third kappa shape index (κ3) is 5.81. The number of carbonyl (C=O) groups excluding carboxylic acids is 2. The fraction of sp³-hybridized carbons (Fsp3) is 0.300. The summed E-state index contributed by atoms with van der Waals surface area (Å²) < 4.78 is 10.3. The molecule has 0 saturated carbocycles. The molecule has 6 heteroatoms. The van der Waals surface area contributed by atoms with Gasteiger partial charge in [-0.05, 0) is 48.7 Å². The Kier molecular flexibility index (Phi) is 7.02. The lowest BCUT2D eigenvalue weighted by Gasteiger charge is -2.12. The molecule has 0 aliphatic heterocycles. The van der Waals surface area contributed by atoms with Crippen molar-refractivity contribution in [3.63, 3.8) is 0 Å². The van der Waals surface area contributed by atoms with Crippen LogP contribution >= 0.6 is 0 Å². The molecule has 2 amide bonds. The SMILES string of the molecule is COc1ccc(C(=O)N/C(=C\c2ccco2)C(=O)NCCC(C)C)cc1. The zero-order valence-corrected chi connectivity index (χ0v) is 15.2. The highest BCUT2D eigenvalue weighted by Gasteiger charge is 2.15. The molecule has 0 fully saturated rings. The van der Waals surface area contributed by atoms with E-state index in [1.807, 2.05) is 0 Å². The van der Waals surface area contributed by atoms with Crippen molar-refractivity contribution in [2.75, 3.05) is 13.7 Å². The second kappa shape index (κ2) is 9.46. The van der Waals surface area contributed by atoms with Gasteiger partial charge in [0.05, 0.1) is 13.4 Å². The summed E-state index contributed by atoms with van der Waals surface area (Å²) in [5.74, 6) is 0.864. The van der Waals surface area contributed by atoms with Crippen LogP contribution in [0.15, 0.2) is 52.8 Å². The summed E-state index contributed by atoms with van der Waals surface area (Å²) in [4.78, 5) is 24.9. The summed E-state index contributed by atoms with van der Waals surface area (Å²) in [6.07, 6.45) is 3.86. The highest BCUT2D eigenvalue weighted by atomic mass is 16.5. The maximum Gasteiger partial charge on any atom is 0.267 e. The van der Waals surface area contributed by atoms with Gasteiger partial charge >= 0.3 is 0 Å². The number of furan rings is 1. The van der Waals surface area contributed by atoms with E-state index in [2.05, 4.69) is 24.5 Å². The molecule has 2 rings (SSSR count). The molecule has 6 nitrogen and oxygen atoms in total. The standard InChI is InChI=1S/C20H24N2O4/c1-14(2)10-11-21-20(24)18(13-17-5-4-12-26-17)22-19(23)15-6-8-16(25-3)9-7-15/h4-9,12-14H,10-11H2,1-3H3,(H,21,24)(H,22,23)/b18-13-. The molecule has 2 N–H and O–H groups in total. The summed E-state index contributed by atoms with van der Waals surface area (Å²) in [5, 5.41) is 5.47. The van der Waals surface area contributed by atoms with Crippen molar-refractivity contribution in [1.82, 2.24) is 10.6 Å². The second-order valence-electron chi connectivity index (χ2n) is 6.19. The number of rotatable bonds is 8. The molecule has 0 atom stereocenters. The normalized spacial score (nSPS) is 11.3. The highest BCUT2D eigenvalue weighted by Crippen LogP contribution is 2.12. The van der Waals surface area contributed by atoms with E-state index in [1.165, 1.54) is 12.3 Å². The number of hydrogen-bond acceptors (Lipinski definition) is 4. The van der Waals surface area contributed by atoms with E-state index in [1.54, 1.807) is 43.5 Å². The van der Waals surface area contributed by atoms with Crippen molar-refractivity contribution in [2.24, 2.45) is 5.92 Å². The lowest BCUT2D eigenvalue weighted by Crippen LogP contribution is -2.35. The Morgan fingerprint density at radius 1 is 1.19 bits per heavy atom. The van der Waals surface area contributed by atoms with Crippen molar-refractivity contribution < 1.29 is 18.7 Å². The minimum absolute atomic E-state index is 0.129. The highest BCUT2D eigenvalue weighted by molar-refractivity contribution is 6.05. The van der Waals surface area contributed by atoms with Crippen molar-refractivity contribution in [3.05, 3.63) is 59.7 Å². The second-order valence-corrected chi connectivity index (χ2v) is 6.19. The fourth-order valence-electron chi connectivity index (χ4n) is 2.18. The van der Waals surface area contributed by atoms with Crippen LogP contribution in [0.25, 0.3) is 6.08 Å². The monoisotopic (exact) mass is 356 g/mol. The van der Waals surface area contributed by atoms with E-state index in [4.69, 9.17) is 9.15 Å². The predicted octanol–water partition coefficient (Wildman–Crippen LogP) is 3.22. The minimum Gasteiger partial charge on any atom is -0.497 e. The molecule has 26 heavy (non-hydrogen) atoms. The van der Waals surface area contributed by atoms with Gasteiger partial charge in [0.1, 0.15) is 17.2 Å². The lowest BCUT2D eigenvalue weighted by atomic mass is 10.1. The molecule has 0 unspecified atom stereocenters. The number of hydrogen-bond donors (Lipinski definition) is 2. The Balaban J connectivity index is 2.12. The van der Waals surface area contributed by atoms with Gasteiger partial charge in [-0.2, -0.15) is 0 Å². The first-order valence-electron chi connectivity index (χ1n) is 8.48. The smallest absolute Gasteiger partial charge is 0.267 e. The number of nitrogens with one attached hydrogen (secondary N) is 2. The molecule has 1 aromatic carbocycles. The zero-order valence-electron chi connectivity index (χ0n) is 15.2. The Bertz CT molecular complexity index is 747. The van der Waals surface area contributed by atoms with E-state index < -0.39 is 0 Å². The van der Waals surface area contributed by atoms with Gasteiger partial charge in [0.15, 0.2) is 0 Å². The summed E-state index contributed by atoms with van der Waals surface area (Å²) in [5.41, 5.74) is 0.552. The first-order chi connectivity index (χ1) is 12.5. The number of ether oxygens (including phenoxy) is 1. The molecule has 1 aromatic heterocycles. The summed E-state index contributed by atoms with van der Waals surface area (Å²) in [7, 11) is 1.56. The van der Waals surface area contributed by atoms with Crippen LogP contribution in [0.1, 0.15) is 36.4 Å². The minimum atomic E-state index is -0.385. The molecule has 0 spiro atoms. The van der Waals surface area contributed by atoms with Crippen molar-refractivity contribution in [3.8, 4) is 5.75 Å². The van der Waals surface area contributed by atoms with Crippen molar-refractivity contribution in [2.45, 2.75) is 20.3 Å². The van der Waals surface area contributed by atoms with E-state index >= 15 is 0 Å². The first kappa shape index (κ1) is 19.3. The number of methoxy groups -OCH3 is 1. The average molecular weight is 356 g/mol. The summed E-state index contributed by atoms with van der Waals surface area (Å²) in [6.45, 7) is 4.69. The maximum atomic E-state index is 12.5. The van der Waals surface area contributed by atoms with Crippen LogP contribution < -0.4 is 15.4 Å². The quantitative estimate of drug-likeness (QED) is 0.712. The first-order valence-corrected chi connectivity index (χ1v) is 8.48. The third-order valence-electron chi connectivity index (χ3n) is 3.68. The van der Waals surface area contributed by atoms with Gasteiger partial charge in [0.25, 0.3) is 11.8 Å². The van der Waals surface area contributed by atoms with Crippen LogP contribution in [-0.4, -0.2) is 25.5 Å². The molecular weight excluding hydrogens is 332 g/mol. The molecule has 138 valence electrons. The molecule has 2 aromatic rings. The van der Waals surface area contributed by atoms with Gasteiger partial charge in [-0.25, -0.2) is 0 Å². The fourth-order valence-corrected chi connectivity index (χ4v) is 2.18. The Hall–Kier alpha value is -3.02. The van der Waals surface area contributed by atoms with E-state index in [9.17, 15) is 9.59 Å². The zero-order chi connectivity index (χ0) is 18.9. The van der Waals surface area contributed by atoms with Crippen molar-refractivity contribution in [1.29, 1.82) is 0 Å². The largest absolute Gasteiger partial charge is 0.497 e. The topological polar surface area (TPSA) is 80.6 Å². The summed E-state index contributed by atoms with van der Waals surface area (Å²) >= 11 is 0. The van der Waals surface area contributed by atoms with Gasteiger partial charge in [-0.1, -0.05) is 13.8 Å². The molecular formula is C20H24N2O4. The molecule has 0 saturated heterocycles. The van der Waals surface area contributed by atoms with Crippen molar-refractivity contribution >= 4 is 17.9 Å². The molecule has 0 aliphatic rings. The van der Waals surface area contributed by atoms with Crippen LogP contribution in [0.4, 0.5) is 0 Å². The van der Waals surface area contributed by atoms with Crippen LogP contribution in [0.5, 0.6) is 5.75 Å². The third-order valence-corrected chi connectivity index (χ3v) is 3.68. The van der Waals surface area contributed by atoms with Crippen LogP contribution in [-0.2, 0) is 4.79 Å². The predicted molar refractivity (Wildman–Crippen MR) is 99.6 cm³/mol. The van der Waals surface area contributed by atoms with Crippen LogP contribution in [0.3, 0.4) is 0 Å².